The number of nitrogens with zero attached hydrogens (tertiary/aromatic N) is 3. The fourth-order valence-electron chi connectivity index (χ4n) is 2.89. The van der Waals surface area contributed by atoms with Crippen LogP contribution in [-0.2, 0) is 9.53 Å². The monoisotopic (exact) mass is 438 g/mol. The number of thioether (sulfide) groups is 1. The SMILES string of the molecule is COC(=O)c1cccc(-c2ccc(/C=N\NC(=O)CSc3nc(C)cc(C)n3)o2)c1C. The standard InChI is InChI=1S/C22H22N4O4S/c1-13-10-14(2)25-22(24-13)31-12-20(27)26-23-11-16-8-9-19(30-16)17-6-5-7-18(15(17)3)21(28)29-4/h5-11H,12H2,1-4H3,(H,26,27)/b23-11-. The van der Waals surface area contributed by atoms with E-state index < -0.39 is 5.97 Å². The molecule has 3 rings (SSSR count). The summed E-state index contributed by atoms with van der Waals surface area (Å²) in [5.74, 6) is 0.502. The minimum absolute atomic E-state index is 0.142. The van der Waals surface area contributed by atoms with E-state index in [9.17, 15) is 9.59 Å². The van der Waals surface area contributed by atoms with E-state index in [1.165, 1.54) is 25.1 Å². The van der Waals surface area contributed by atoms with Crippen LogP contribution in [0.1, 0.15) is 33.1 Å². The summed E-state index contributed by atoms with van der Waals surface area (Å²) in [6.07, 6.45) is 1.42. The molecule has 0 saturated heterocycles. The quantitative estimate of drug-likeness (QED) is 0.197. The van der Waals surface area contributed by atoms with Crippen LogP contribution in [0, 0.1) is 20.8 Å². The molecule has 9 heteroatoms. The number of hydrazone groups is 1. The summed E-state index contributed by atoms with van der Waals surface area (Å²) in [4.78, 5) is 32.5. The molecule has 1 amide bonds. The zero-order chi connectivity index (χ0) is 22.4. The van der Waals surface area contributed by atoms with Crippen LogP contribution < -0.4 is 5.43 Å². The summed E-state index contributed by atoms with van der Waals surface area (Å²) < 4.78 is 10.6. The van der Waals surface area contributed by atoms with E-state index in [-0.39, 0.29) is 11.7 Å². The number of carbonyl (C=O) groups excluding carboxylic acids is 2. The van der Waals surface area contributed by atoms with Gasteiger partial charge in [0.25, 0.3) is 5.91 Å². The second kappa shape index (κ2) is 10.0. The van der Waals surface area contributed by atoms with Crippen molar-refractivity contribution in [3.63, 3.8) is 0 Å². The third kappa shape index (κ3) is 5.79. The van der Waals surface area contributed by atoms with Gasteiger partial charge in [-0.25, -0.2) is 20.2 Å². The molecule has 0 unspecified atom stereocenters. The largest absolute Gasteiger partial charge is 0.465 e. The second-order valence-corrected chi connectivity index (χ2v) is 7.63. The van der Waals surface area contributed by atoms with Gasteiger partial charge >= 0.3 is 5.97 Å². The maximum absolute atomic E-state index is 12.0. The van der Waals surface area contributed by atoms with E-state index in [1.807, 2.05) is 32.9 Å². The molecule has 0 atom stereocenters. The maximum Gasteiger partial charge on any atom is 0.338 e. The topological polar surface area (TPSA) is 107 Å². The predicted octanol–water partition coefficient (Wildman–Crippen LogP) is 3.69. The summed E-state index contributed by atoms with van der Waals surface area (Å²) in [7, 11) is 1.34. The van der Waals surface area contributed by atoms with Crippen molar-refractivity contribution in [1.29, 1.82) is 0 Å². The van der Waals surface area contributed by atoms with Gasteiger partial charge in [-0.15, -0.1) is 0 Å². The summed E-state index contributed by atoms with van der Waals surface area (Å²) in [6, 6.07) is 10.7. The first-order chi connectivity index (χ1) is 14.9. The number of amides is 1. The first kappa shape index (κ1) is 22.2. The van der Waals surface area contributed by atoms with E-state index >= 15 is 0 Å². The molecule has 0 aliphatic heterocycles. The third-order valence-electron chi connectivity index (χ3n) is 4.31. The number of rotatable bonds is 7. The van der Waals surface area contributed by atoms with Gasteiger partial charge in [-0.05, 0) is 50.6 Å². The molecule has 1 N–H and O–H groups in total. The number of methoxy groups -OCH3 is 1. The number of aryl methyl sites for hydroxylation is 2. The van der Waals surface area contributed by atoms with Gasteiger partial charge in [0.1, 0.15) is 11.5 Å². The highest BCUT2D eigenvalue weighted by Crippen LogP contribution is 2.27. The van der Waals surface area contributed by atoms with Crippen LogP contribution in [-0.4, -0.2) is 40.9 Å². The molecule has 3 aromatic rings. The molecule has 0 aliphatic rings. The number of esters is 1. The number of ether oxygens (including phenoxy) is 1. The van der Waals surface area contributed by atoms with E-state index in [0.717, 1.165) is 22.5 Å². The van der Waals surface area contributed by atoms with Gasteiger partial charge in [-0.2, -0.15) is 5.10 Å². The molecule has 31 heavy (non-hydrogen) atoms. The number of carbonyl (C=O) groups is 2. The van der Waals surface area contributed by atoms with Gasteiger partial charge in [0, 0.05) is 17.0 Å². The molecular weight excluding hydrogens is 416 g/mol. The van der Waals surface area contributed by atoms with Crippen molar-refractivity contribution in [2.24, 2.45) is 5.10 Å². The first-order valence-corrected chi connectivity index (χ1v) is 10.4. The number of benzene rings is 1. The molecule has 0 radical (unpaired) electrons. The van der Waals surface area contributed by atoms with Crippen LogP contribution in [0.15, 0.2) is 51.1 Å². The average Bonchev–Trinajstić information content (AvgIpc) is 3.20. The Morgan fingerprint density at radius 3 is 2.61 bits per heavy atom. The normalized spacial score (nSPS) is 11.0. The van der Waals surface area contributed by atoms with Crippen LogP contribution in [0.25, 0.3) is 11.3 Å². The molecule has 8 nitrogen and oxygen atoms in total. The molecule has 2 heterocycles. The average molecular weight is 439 g/mol. The molecule has 160 valence electrons. The number of hydrogen-bond acceptors (Lipinski definition) is 8. The number of furan rings is 1. The number of aromatic nitrogens is 2. The van der Waals surface area contributed by atoms with Crippen molar-refractivity contribution in [3.05, 3.63) is 64.7 Å². The van der Waals surface area contributed by atoms with Gasteiger partial charge in [0.15, 0.2) is 5.16 Å². The van der Waals surface area contributed by atoms with Gasteiger partial charge in [-0.1, -0.05) is 23.9 Å². The fraction of sp³-hybridized carbons (Fsp3) is 0.227. The highest BCUT2D eigenvalue weighted by Gasteiger charge is 2.15. The summed E-state index contributed by atoms with van der Waals surface area (Å²) in [6.45, 7) is 5.59. The Morgan fingerprint density at radius 2 is 1.90 bits per heavy atom. The lowest BCUT2D eigenvalue weighted by Crippen LogP contribution is -2.19. The highest BCUT2D eigenvalue weighted by atomic mass is 32.2. The molecule has 0 fully saturated rings. The Labute approximate surface area is 184 Å². The van der Waals surface area contributed by atoms with Crippen LogP contribution in [0.4, 0.5) is 0 Å². The van der Waals surface area contributed by atoms with Crippen LogP contribution in [0.5, 0.6) is 0 Å². The van der Waals surface area contributed by atoms with Gasteiger partial charge in [0.2, 0.25) is 0 Å². The molecule has 0 saturated carbocycles. The van der Waals surface area contributed by atoms with E-state index in [2.05, 4.69) is 20.5 Å². The lowest BCUT2D eigenvalue weighted by atomic mass is 10.0. The lowest BCUT2D eigenvalue weighted by Gasteiger charge is -2.07. The van der Waals surface area contributed by atoms with Crippen molar-refractivity contribution >= 4 is 29.9 Å². The van der Waals surface area contributed by atoms with Crippen molar-refractivity contribution < 1.29 is 18.7 Å². The maximum atomic E-state index is 12.0. The minimum Gasteiger partial charge on any atom is -0.465 e. The molecule has 2 aromatic heterocycles. The molecule has 0 spiro atoms. The van der Waals surface area contributed by atoms with E-state index in [1.54, 1.807) is 24.3 Å². The molecular formula is C22H22N4O4S. The van der Waals surface area contributed by atoms with Crippen LogP contribution in [0.3, 0.4) is 0 Å². The minimum atomic E-state index is -0.403. The Kier molecular flexibility index (Phi) is 7.19. The molecule has 0 aliphatic carbocycles. The van der Waals surface area contributed by atoms with E-state index in [0.29, 0.717) is 22.2 Å². The van der Waals surface area contributed by atoms with Crippen molar-refractivity contribution in [2.45, 2.75) is 25.9 Å². The number of nitrogens with one attached hydrogen (secondary N) is 1. The molecule has 0 bridgehead atoms. The van der Waals surface area contributed by atoms with E-state index in [4.69, 9.17) is 9.15 Å². The van der Waals surface area contributed by atoms with Gasteiger partial charge < -0.3 is 9.15 Å². The van der Waals surface area contributed by atoms with Gasteiger partial charge in [0.05, 0.1) is 24.6 Å². The molecule has 1 aromatic carbocycles. The highest BCUT2D eigenvalue weighted by molar-refractivity contribution is 7.99. The summed E-state index contributed by atoms with van der Waals surface area (Å²) >= 11 is 1.24. The Bertz CT molecular complexity index is 1120. The lowest BCUT2D eigenvalue weighted by molar-refractivity contribution is -0.118. The van der Waals surface area contributed by atoms with Crippen molar-refractivity contribution in [2.75, 3.05) is 12.9 Å². The first-order valence-electron chi connectivity index (χ1n) is 9.42. The van der Waals surface area contributed by atoms with Crippen molar-refractivity contribution in [3.8, 4) is 11.3 Å². The fourth-order valence-corrected chi connectivity index (χ4v) is 3.63. The Hall–Kier alpha value is -3.46. The third-order valence-corrected chi connectivity index (χ3v) is 5.15. The Balaban J connectivity index is 1.60. The smallest absolute Gasteiger partial charge is 0.338 e. The predicted molar refractivity (Wildman–Crippen MR) is 118 cm³/mol. The zero-order valence-corrected chi connectivity index (χ0v) is 18.4. The van der Waals surface area contributed by atoms with Gasteiger partial charge in [-0.3, -0.25) is 4.79 Å². The van der Waals surface area contributed by atoms with Crippen LogP contribution in [0.2, 0.25) is 0 Å². The number of hydrogen-bond donors (Lipinski definition) is 1. The summed E-state index contributed by atoms with van der Waals surface area (Å²) in [5.41, 5.74) is 6.17. The second-order valence-electron chi connectivity index (χ2n) is 6.69. The Morgan fingerprint density at radius 1 is 1.16 bits per heavy atom. The summed E-state index contributed by atoms with van der Waals surface area (Å²) in [5, 5.41) is 4.48. The van der Waals surface area contributed by atoms with Crippen LogP contribution >= 0.6 is 11.8 Å². The zero-order valence-electron chi connectivity index (χ0n) is 17.6. The van der Waals surface area contributed by atoms with Crippen molar-refractivity contribution in [1.82, 2.24) is 15.4 Å².